The largest absolute Gasteiger partial charge is 0.370 e. The lowest BCUT2D eigenvalue weighted by Crippen LogP contribution is -3.14. The molecule has 5 nitrogen and oxygen atoms in total. The maximum Gasteiger partial charge on any atom is 0.187 e. The van der Waals surface area contributed by atoms with Gasteiger partial charge in [-0.05, 0) is 17.8 Å². The van der Waals surface area contributed by atoms with Crippen LogP contribution in [0.15, 0.2) is 35.4 Å². The summed E-state index contributed by atoms with van der Waals surface area (Å²) in [6.45, 7) is 5.77. The van der Waals surface area contributed by atoms with Crippen molar-refractivity contribution in [1.82, 2.24) is 10.7 Å². The van der Waals surface area contributed by atoms with Crippen LogP contribution in [0.3, 0.4) is 0 Å². The standard InChI is InChI=1S/C14H20N4OS/c20-14(15-6-7-18-8-10-19-11-9-18)17-16-12-13-4-2-1-3-5-13/h1-5,12H,6-11H2,(H2,15,17,20)/p+1/b16-12-. The van der Waals surface area contributed by atoms with E-state index in [2.05, 4.69) is 15.8 Å². The van der Waals surface area contributed by atoms with Crippen LogP contribution in [0.25, 0.3) is 0 Å². The zero-order valence-corrected chi connectivity index (χ0v) is 12.3. The first-order valence-corrected chi connectivity index (χ1v) is 7.29. The van der Waals surface area contributed by atoms with E-state index >= 15 is 0 Å². The van der Waals surface area contributed by atoms with Crippen LogP contribution in [0.4, 0.5) is 0 Å². The van der Waals surface area contributed by atoms with Crippen molar-refractivity contribution in [2.75, 3.05) is 39.4 Å². The average Bonchev–Trinajstić information content (AvgIpc) is 2.49. The molecule has 0 radical (unpaired) electrons. The van der Waals surface area contributed by atoms with E-state index in [0.717, 1.165) is 45.0 Å². The van der Waals surface area contributed by atoms with Gasteiger partial charge in [-0.15, -0.1) is 0 Å². The van der Waals surface area contributed by atoms with Crippen LogP contribution in [0.1, 0.15) is 5.56 Å². The first kappa shape index (κ1) is 14.9. The molecule has 1 fully saturated rings. The van der Waals surface area contributed by atoms with Crippen molar-refractivity contribution in [1.29, 1.82) is 0 Å². The van der Waals surface area contributed by atoms with Gasteiger partial charge in [-0.2, -0.15) is 5.10 Å². The van der Waals surface area contributed by atoms with Gasteiger partial charge in [0, 0.05) is 0 Å². The molecule has 1 aliphatic heterocycles. The number of hydrogen-bond acceptors (Lipinski definition) is 3. The molecule has 0 aromatic heterocycles. The van der Waals surface area contributed by atoms with Gasteiger partial charge >= 0.3 is 0 Å². The molecule has 0 saturated carbocycles. The number of rotatable bonds is 5. The Kier molecular flexibility index (Phi) is 6.43. The summed E-state index contributed by atoms with van der Waals surface area (Å²) in [6.07, 6.45) is 1.75. The average molecular weight is 293 g/mol. The molecule has 1 saturated heterocycles. The Bertz CT molecular complexity index is 432. The van der Waals surface area contributed by atoms with Crippen molar-refractivity contribution >= 4 is 23.5 Å². The molecular weight excluding hydrogens is 272 g/mol. The number of ether oxygens (including phenoxy) is 1. The third kappa shape index (κ3) is 5.64. The summed E-state index contributed by atoms with van der Waals surface area (Å²) in [5.41, 5.74) is 3.87. The van der Waals surface area contributed by atoms with E-state index in [1.165, 1.54) is 0 Å². The third-order valence-corrected chi connectivity index (χ3v) is 3.38. The summed E-state index contributed by atoms with van der Waals surface area (Å²) in [6, 6.07) is 9.91. The van der Waals surface area contributed by atoms with Crippen LogP contribution >= 0.6 is 12.2 Å². The molecule has 6 heteroatoms. The Morgan fingerprint density at radius 1 is 1.30 bits per heavy atom. The maximum atomic E-state index is 5.32. The molecule has 0 aliphatic carbocycles. The molecule has 2 rings (SSSR count). The molecule has 0 spiro atoms. The molecule has 1 aromatic rings. The number of hydrazone groups is 1. The highest BCUT2D eigenvalue weighted by molar-refractivity contribution is 7.80. The minimum absolute atomic E-state index is 0.560. The minimum atomic E-state index is 0.560. The number of quaternary nitrogens is 1. The zero-order valence-electron chi connectivity index (χ0n) is 11.5. The topological polar surface area (TPSA) is 50.1 Å². The molecule has 0 bridgehead atoms. The minimum Gasteiger partial charge on any atom is -0.370 e. The van der Waals surface area contributed by atoms with Crippen molar-refractivity contribution < 1.29 is 9.64 Å². The van der Waals surface area contributed by atoms with Gasteiger partial charge in [-0.25, -0.2) is 0 Å². The predicted octanol–water partition coefficient (Wildman–Crippen LogP) is -0.600. The summed E-state index contributed by atoms with van der Waals surface area (Å²) in [5.74, 6) is 0. The maximum absolute atomic E-state index is 5.32. The number of thiocarbonyl (C=S) groups is 1. The van der Waals surface area contributed by atoms with Crippen molar-refractivity contribution in [2.45, 2.75) is 0 Å². The summed E-state index contributed by atoms with van der Waals surface area (Å²) >= 11 is 5.17. The fourth-order valence-corrected chi connectivity index (χ4v) is 2.16. The monoisotopic (exact) mass is 293 g/mol. The summed E-state index contributed by atoms with van der Waals surface area (Å²) in [5, 5.41) is 7.82. The summed E-state index contributed by atoms with van der Waals surface area (Å²) in [7, 11) is 0. The molecule has 108 valence electrons. The lowest BCUT2D eigenvalue weighted by molar-refractivity contribution is -0.906. The molecule has 20 heavy (non-hydrogen) atoms. The second-order valence-electron chi connectivity index (χ2n) is 4.65. The van der Waals surface area contributed by atoms with Crippen LogP contribution in [0.2, 0.25) is 0 Å². The molecule has 0 unspecified atom stereocenters. The molecule has 3 N–H and O–H groups in total. The van der Waals surface area contributed by atoms with E-state index in [1.54, 1.807) is 11.1 Å². The third-order valence-electron chi connectivity index (χ3n) is 3.14. The van der Waals surface area contributed by atoms with Gasteiger partial charge in [-0.3, -0.25) is 5.43 Å². The van der Waals surface area contributed by atoms with E-state index in [4.69, 9.17) is 17.0 Å². The number of nitrogens with zero attached hydrogens (tertiary/aromatic N) is 1. The van der Waals surface area contributed by atoms with Crippen LogP contribution in [0.5, 0.6) is 0 Å². The van der Waals surface area contributed by atoms with Gasteiger partial charge in [0.15, 0.2) is 5.11 Å². The molecule has 1 aromatic carbocycles. The van der Waals surface area contributed by atoms with Gasteiger partial charge in [0.05, 0.1) is 32.5 Å². The normalized spacial score (nSPS) is 16.2. The van der Waals surface area contributed by atoms with Crippen LogP contribution in [-0.2, 0) is 4.74 Å². The first-order chi connectivity index (χ1) is 9.84. The van der Waals surface area contributed by atoms with E-state index in [9.17, 15) is 0 Å². The molecule has 0 atom stereocenters. The van der Waals surface area contributed by atoms with E-state index in [1.807, 2.05) is 30.3 Å². The highest BCUT2D eigenvalue weighted by Gasteiger charge is 2.12. The summed E-state index contributed by atoms with van der Waals surface area (Å²) < 4.78 is 5.32. The number of nitrogens with one attached hydrogen (secondary N) is 3. The lowest BCUT2D eigenvalue weighted by atomic mass is 10.2. The second kappa shape index (κ2) is 8.63. The second-order valence-corrected chi connectivity index (χ2v) is 5.06. The number of benzene rings is 1. The van der Waals surface area contributed by atoms with Crippen LogP contribution in [0, 0.1) is 0 Å². The first-order valence-electron chi connectivity index (χ1n) is 6.88. The van der Waals surface area contributed by atoms with Gasteiger partial charge in [-0.1, -0.05) is 30.3 Å². The highest BCUT2D eigenvalue weighted by atomic mass is 32.1. The van der Waals surface area contributed by atoms with Crippen molar-refractivity contribution in [3.8, 4) is 0 Å². The van der Waals surface area contributed by atoms with E-state index in [-0.39, 0.29) is 0 Å². The lowest BCUT2D eigenvalue weighted by Gasteiger charge is -2.23. The Hall–Kier alpha value is -1.50. The fraction of sp³-hybridized carbons (Fsp3) is 0.429. The zero-order chi connectivity index (χ0) is 14.0. The van der Waals surface area contributed by atoms with Gasteiger partial charge in [0.1, 0.15) is 13.1 Å². The van der Waals surface area contributed by atoms with Crippen LogP contribution < -0.4 is 15.6 Å². The highest BCUT2D eigenvalue weighted by Crippen LogP contribution is 1.92. The molecule has 1 heterocycles. The van der Waals surface area contributed by atoms with Crippen molar-refractivity contribution in [3.05, 3.63) is 35.9 Å². The van der Waals surface area contributed by atoms with E-state index in [0.29, 0.717) is 5.11 Å². The number of hydrogen-bond donors (Lipinski definition) is 3. The van der Waals surface area contributed by atoms with Gasteiger partial charge < -0.3 is 15.0 Å². The number of morpholine rings is 1. The summed E-state index contributed by atoms with van der Waals surface area (Å²) in [4.78, 5) is 1.55. The van der Waals surface area contributed by atoms with Crippen molar-refractivity contribution in [2.24, 2.45) is 5.10 Å². The molecule has 0 amide bonds. The Morgan fingerprint density at radius 2 is 2.05 bits per heavy atom. The smallest absolute Gasteiger partial charge is 0.187 e. The van der Waals surface area contributed by atoms with Gasteiger partial charge in [0.25, 0.3) is 0 Å². The molecular formula is C14H21N4OS+. The van der Waals surface area contributed by atoms with E-state index < -0.39 is 0 Å². The molecule has 1 aliphatic rings. The predicted molar refractivity (Wildman–Crippen MR) is 84.2 cm³/mol. The Labute approximate surface area is 125 Å². The SMILES string of the molecule is S=C(NCC[NH+]1CCOCC1)N/N=C\c1ccccc1. The van der Waals surface area contributed by atoms with Gasteiger partial charge in [0.2, 0.25) is 0 Å². The van der Waals surface area contributed by atoms with Crippen LogP contribution in [-0.4, -0.2) is 50.7 Å². The quantitative estimate of drug-likeness (QED) is 0.385. The Morgan fingerprint density at radius 3 is 2.80 bits per heavy atom. The van der Waals surface area contributed by atoms with Crippen molar-refractivity contribution in [3.63, 3.8) is 0 Å². The Balaban J connectivity index is 1.59. The fourth-order valence-electron chi connectivity index (χ4n) is 2.01.